The van der Waals surface area contributed by atoms with Crippen LogP contribution >= 0.6 is 0 Å². The molecule has 2 atom stereocenters. The molecule has 164 valence electrons. The molecule has 1 fully saturated rings. The Morgan fingerprint density at radius 1 is 1.13 bits per heavy atom. The molecule has 30 heavy (non-hydrogen) atoms. The summed E-state index contributed by atoms with van der Waals surface area (Å²) in [6, 6.07) is 1.54. The molecule has 0 spiro atoms. The maximum absolute atomic E-state index is 12.5. The number of nitrogens with one attached hydrogen (secondary N) is 2. The first-order chi connectivity index (χ1) is 13.9. The van der Waals surface area contributed by atoms with Gasteiger partial charge in [-0.2, -0.15) is 31.4 Å². The molecule has 2 aromatic heterocycles. The summed E-state index contributed by atoms with van der Waals surface area (Å²) in [7, 11) is 0. The second-order valence-corrected chi connectivity index (χ2v) is 7.00. The van der Waals surface area contributed by atoms with Crippen LogP contribution in [0.3, 0.4) is 0 Å². The summed E-state index contributed by atoms with van der Waals surface area (Å²) in [6.07, 6.45) is -8.03. The molecule has 1 aliphatic carbocycles. The van der Waals surface area contributed by atoms with Gasteiger partial charge in [-0.05, 0) is 18.1 Å². The molecule has 0 aromatic carbocycles. The number of hydrogen-bond acceptors (Lipinski definition) is 4. The average molecular weight is 437 g/mol. The first-order valence-electron chi connectivity index (χ1n) is 8.93. The van der Waals surface area contributed by atoms with Crippen LogP contribution < -0.4 is 10.6 Å². The molecule has 0 aliphatic heterocycles. The van der Waals surface area contributed by atoms with Gasteiger partial charge in [-0.25, -0.2) is 9.50 Å². The number of carbonyl (C=O) groups is 2. The van der Waals surface area contributed by atoms with E-state index in [2.05, 4.69) is 20.7 Å². The third kappa shape index (κ3) is 5.83. The Labute approximate surface area is 165 Å². The SMILES string of the molecule is O=C(CCC(F)(F)F)NCc1cnn2cc(CNC(=O)C3CC3C(F)(F)F)nc2c1. The van der Waals surface area contributed by atoms with Crippen molar-refractivity contribution in [2.24, 2.45) is 11.8 Å². The zero-order valence-electron chi connectivity index (χ0n) is 15.3. The van der Waals surface area contributed by atoms with Gasteiger partial charge in [-0.1, -0.05) is 0 Å². The van der Waals surface area contributed by atoms with E-state index in [9.17, 15) is 35.9 Å². The van der Waals surface area contributed by atoms with Crippen LogP contribution in [-0.2, 0) is 22.7 Å². The number of aromatic nitrogens is 3. The largest absolute Gasteiger partial charge is 0.392 e. The maximum atomic E-state index is 12.5. The van der Waals surface area contributed by atoms with Crippen molar-refractivity contribution in [3.8, 4) is 0 Å². The van der Waals surface area contributed by atoms with Crippen molar-refractivity contribution in [1.82, 2.24) is 25.2 Å². The molecular formula is C17H17F6N5O2. The van der Waals surface area contributed by atoms with E-state index in [1.165, 1.54) is 16.9 Å². The summed E-state index contributed by atoms with van der Waals surface area (Å²) >= 11 is 0. The molecule has 2 amide bonds. The number of hydrogen-bond donors (Lipinski definition) is 2. The Morgan fingerprint density at radius 2 is 1.87 bits per heavy atom. The fourth-order valence-electron chi connectivity index (χ4n) is 2.85. The molecular weight excluding hydrogens is 420 g/mol. The van der Waals surface area contributed by atoms with Crippen LogP contribution in [0, 0.1) is 11.8 Å². The smallest absolute Gasteiger partial charge is 0.352 e. The van der Waals surface area contributed by atoms with Gasteiger partial charge in [-0.15, -0.1) is 0 Å². The van der Waals surface area contributed by atoms with Crippen LogP contribution in [0.25, 0.3) is 5.65 Å². The van der Waals surface area contributed by atoms with Crippen molar-refractivity contribution in [2.75, 3.05) is 0 Å². The summed E-state index contributed by atoms with van der Waals surface area (Å²) < 4.78 is 75.3. The monoisotopic (exact) mass is 437 g/mol. The highest BCUT2D eigenvalue weighted by atomic mass is 19.4. The Bertz CT molecular complexity index is 939. The van der Waals surface area contributed by atoms with Crippen molar-refractivity contribution in [1.29, 1.82) is 0 Å². The molecule has 2 heterocycles. The summed E-state index contributed by atoms with van der Waals surface area (Å²) in [5.41, 5.74) is 1.21. The zero-order chi connectivity index (χ0) is 22.1. The maximum Gasteiger partial charge on any atom is 0.392 e. The normalized spacial score (nSPS) is 19.0. The van der Waals surface area contributed by atoms with E-state index in [4.69, 9.17) is 0 Å². The third-order valence-corrected chi connectivity index (χ3v) is 4.54. The number of fused-ring (bicyclic) bond motifs is 1. The fraction of sp³-hybridized carbons (Fsp3) is 0.529. The van der Waals surface area contributed by atoms with Crippen molar-refractivity contribution in [2.45, 2.75) is 44.7 Å². The molecule has 2 unspecified atom stereocenters. The molecule has 0 saturated heterocycles. The van der Waals surface area contributed by atoms with Crippen LogP contribution in [0.2, 0.25) is 0 Å². The van der Waals surface area contributed by atoms with E-state index >= 15 is 0 Å². The standard InChI is InChI=1S/C17H17F6N5O2/c18-16(19,20)2-1-14(29)24-5-9-3-13-27-10(8-28(13)26-6-9)7-25-15(30)11-4-12(11)17(21,22)23/h3,6,8,11-12H,1-2,4-5,7H2,(H,24,29)(H,25,30). The Balaban J connectivity index is 1.51. The number of imidazole rings is 1. The highest BCUT2D eigenvalue weighted by Crippen LogP contribution is 2.50. The Morgan fingerprint density at radius 3 is 2.50 bits per heavy atom. The molecule has 7 nitrogen and oxygen atoms in total. The summed E-state index contributed by atoms with van der Waals surface area (Å²) in [5, 5.41) is 8.81. The molecule has 0 radical (unpaired) electrons. The highest BCUT2D eigenvalue weighted by Gasteiger charge is 2.58. The number of carbonyl (C=O) groups excluding carboxylic acids is 2. The van der Waals surface area contributed by atoms with Gasteiger partial charge in [0.25, 0.3) is 0 Å². The van der Waals surface area contributed by atoms with Gasteiger partial charge in [0.2, 0.25) is 11.8 Å². The van der Waals surface area contributed by atoms with Crippen LogP contribution in [0.4, 0.5) is 26.3 Å². The zero-order valence-corrected chi connectivity index (χ0v) is 15.3. The predicted molar refractivity (Wildman–Crippen MR) is 89.6 cm³/mol. The van der Waals surface area contributed by atoms with E-state index in [0.717, 1.165) is 0 Å². The molecule has 1 aliphatic rings. The van der Waals surface area contributed by atoms with E-state index in [1.807, 2.05) is 0 Å². The van der Waals surface area contributed by atoms with Gasteiger partial charge >= 0.3 is 12.4 Å². The number of rotatable bonds is 7. The first-order valence-corrected chi connectivity index (χ1v) is 8.93. The number of alkyl halides is 6. The summed E-state index contributed by atoms with van der Waals surface area (Å²) in [5.74, 6) is -4.12. The minimum absolute atomic E-state index is 0.0420. The van der Waals surface area contributed by atoms with Gasteiger partial charge in [0.1, 0.15) is 0 Å². The molecule has 1 saturated carbocycles. The van der Waals surface area contributed by atoms with Gasteiger partial charge < -0.3 is 10.6 Å². The lowest BCUT2D eigenvalue weighted by molar-refractivity contribution is -0.154. The number of nitrogens with zero attached hydrogens (tertiary/aromatic N) is 3. The van der Waals surface area contributed by atoms with E-state index in [0.29, 0.717) is 16.9 Å². The predicted octanol–water partition coefficient (Wildman–Crippen LogP) is 2.50. The fourth-order valence-corrected chi connectivity index (χ4v) is 2.85. The lowest BCUT2D eigenvalue weighted by atomic mass is 10.2. The second kappa shape index (κ2) is 8.11. The molecule has 13 heteroatoms. The van der Waals surface area contributed by atoms with Crippen molar-refractivity contribution in [3.63, 3.8) is 0 Å². The van der Waals surface area contributed by atoms with Crippen LogP contribution in [-0.4, -0.2) is 38.8 Å². The lowest BCUT2D eigenvalue weighted by Crippen LogP contribution is -2.27. The quantitative estimate of drug-likeness (QED) is 0.652. The second-order valence-electron chi connectivity index (χ2n) is 7.00. The van der Waals surface area contributed by atoms with Crippen molar-refractivity contribution in [3.05, 3.63) is 29.7 Å². The molecule has 2 aromatic rings. The van der Waals surface area contributed by atoms with E-state index in [-0.39, 0.29) is 19.5 Å². The first kappa shape index (κ1) is 21.8. The minimum atomic E-state index is -4.41. The molecule has 2 N–H and O–H groups in total. The number of halogens is 6. The van der Waals surface area contributed by atoms with Gasteiger partial charge in [0.05, 0.1) is 42.9 Å². The van der Waals surface area contributed by atoms with Crippen molar-refractivity contribution >= 4 is 17.5 Å². The van der Waals surface area contributed by atoms with E-state index in [1.54, 1.807) is 6.07 Å². The van der Waals surface area contributed by atoms with E-state index < -0.39 is 48.8 Å². The van der Waals surface area contributed by atoms with Crippen LogP contribution in [0.1, 0.15) is 30.5 Å². The van der Waals surface area contributed by atoms with Gasteiger partial charge in [0.15, 0.2) is 5.65 Å². The van der Waals surface area contributed by atoms with Crippen LogP contribution in [0.5, 0.6) is 0 Å². The number of amides is 2. The molecule has 0 bridgehead atoms. The van der Waals surface area contributed by atoms with Crippen LogP contribution in [0.15, 0.2) is 18.5 Å². The van der Waals surface area contributed by atoms with Gasteiger partial charge in [-0.3, -0.25) is 9.59 Å². The third-order valence-electron chi connectivity index (χ3n) is 4.54. The minimum Gasteiger partial charge on any atom is -0.352 e. The van der Waals surface area contributed by atoms with Crippen molar-refractivity contribution < 1.29 is 35.9 Å². The Hall–Kier alpha value is -2.86. The lowest BCUT2D eigenvalue weighted by Gasteiger charge is -2.07. The highest BCUT2D eigenvalue weighted by molar-refractivity contribution is 5.81. The average Bonchev–Trinajstić information content (AvgIpc) is 3.36. The molecule has 3 rings (SSSR count). The topological polar surface area (TPSA) is 88.4 Å². The summed E-state index contributed by atoms with van der Waals surface area (Å²) in [4.78, 5) is 27.4. The summed E-state index contributed by atoms with van der Waals surface area (Å²) in [6.45, 7) is -0.119. The van der Waals surface area contributed by atoms with Gasteiger partial charge in [0, 0.05) is 13.0 Å². The Kier molecular flexibility index (Phi) is 5.90.